The molecular formula is C16H14N4O. The third kappa shape index (κ3) is 2.81. The molecule has 0 fully saturated rings. The fourth-order valence-corrected chi connectivity index (χ4v) is 1.97. The molecule has 1 aromatic heterocycles. The molecule has 0 bridgehead atoms. The highest BCUT2D eigenvalue weighted by molar-refractivity contribution is 6.03. The van der Waals surface area contributed by atoms with Crippen LogP contribution in [0.5, 0.6) is 0 Å². The van der Waals surface area contributed by atoms with E-state index in [1.807, 2.05) is 61.5 Å². The minimum absolute atomic E-state index is 0.272. The molecule has 0 spiro atoms. The lowest BCUT2D eigenvalue weighted by Crippen LogP contribution is -2.13. The van der Waals surface area contributed by atoms with Crippen LogP contribution in [0.4, 0.5) is 5.69 Å². The Labute approximate surface area is 122 Å². The van der Waals surface area contributed by atoms with Gasteiger partial charge in [0.05, 0.1) is 11.9 Å². The van der Waals surface area contributed by atoms with Gasteiger partial charge in [-0.2, -0.15) is 0 Å². The van der Waals surface area contributed by atoms with Crippen LogP contribution in [0.2, 0.25) is 0 Å². The number of aryl methyl sites for hydroxylation is 1. The average Bonchev–Trinajstić information content (AvgIpc) is 3.00. The number of rotatable bonds is 3. The first kappa shape index (κ1) is 13.1. The van der Waals surface area contributed by atoms with E-state index >= 15 is 0 Å². The molecule has 5 heteroatoms. The number of carbonyl (C=O) groups excluding carboxylic acids is 1. The van der Waals surface area contributed by atoms with Crippen molar-refractivity contribution in [2.75, 3.05) is 5.32 Å². The van der Waals surface area contributed by atoms with E-state index in [0.717, 1.165) is 16.9 Å². The maximum atomic E-state index is 12.2. The van der Waals surface area contributed by atoms with Gasteiger partial charge in [0.1, 0.15) is 0 Å². The van der Waals surface area contributed by atoms with Crippen molar-refractivity contribution in [3.05, 3.63) is 72.1 Å². The Bertz CT molecular complexity index is 765. The van der Waals surface area contributed by atoms with Crippen LogP contribution in [-0.4, -0.2) is 20.9 Å². The number of nitrogens with zero attached hydrogens (tertiary/aromatic N) is 3. The van der Waals surface area contributed by atoms with Crippen molar-refractivity contribution >= 4 is 11.6 Å². The topological polar surface area (TPSA) is 59.8 Å². The van der Waals surface area contributed by atoms with Gasteiger partial charge in [-0.05, 0) is 30.7 Å². The van der Waals surface area contributed by atoms with Crippen LogP contribution in [0.25, 0.3) is 5.69 Å². The van der Waals surface area contributed by atoms with Crippen molar-refractivity contribution < 1.29 is 4.79 Å². The lowest BCUT2D eigenvalue weighted by atomic mass is 10.2. The lowest BCUT2D eigenvalue weighted by molar-refractivity contribution is 0.102. The predicted molar refractivity (Wildman–Crippen MR) is 80.5 cm³/mol. The highest BCUT2D eigenvalue weighted by atomic mass is 16.2. The zero-order valence-electron chi connectivity index (χ0n) is 11.5. The van der Waals surface area contributed by atoms with Crippen LogP contribution < -0.4 is 5.32 Å². The smallest absolute Gasteiger partial charge is 0.277 e. The largest absolute Gasteiger partial charge is 0.320 e. The number of hydrogen-bond acceptors (Lipinski definition) is 3. The van der Waals surface area contributed by atoms with Crippen LogP contribution in [0, 0.1) is 6.92 Å². The molecular weight excluding hydrogens is 264 g/mol. The minimum atomic E-state index is -0.272. The lowest BCUT2D eigenvalue weighted by Gasteiger charge is -2.05. The maximum absolute atomic E-state index is 12.2. The number of benzene rings is 2. The summed E-state index contributed by atoms with van der Waals surface area (Å²) in [4.78, 5) is 12.2. The van der Waals surface area contributed by atoms with Crippen molar-refractivity contribution in [3.63, 3.8) is 0 Å². The number of para-hydroxylation sites is 2. The van der Waals surface area contributed by atoms with E-state index in [-0.39, 0.29) is 11.6 Å². The van der Waals surface area contributed by atoms with E-state index in [1.54, 1.807) is 10.9 Å². The normalized spacial score (nSPS) is 10.3. The molecule has 1 heterocycles. The summed E-state index contributed by atoms with van der Waals surface area (Å²) in [6.07, 6.45) is 1.61. The van der Waals surface area contributed by atoms with Crippen molar-refractivity contribution in [3.8, 4) is 5.69 Å². The molecule has 21 heavy (non-hydrogen) atoms. The van der Waals surface area contributed by atoms with E-state index in [4.69, 9.17) is 0 Å². The quantitative estimate of drug-likeness (QED) is 0.801. The van der Waals surface area contributed by atoms with Crippen molar-refractivity contribution in [2.24, 2.45) is 0 Å². The predicted octanol–water partition coefficient (Wildman–Crippen LogP) is 2.83. The summed E-state index contributed by atoms with van der Waals surface area (Å²) in [5, 5.41) is 10.7. The minimum Gasteiger partial charge on any atom is -0.320 e. The van der Waals surface area contributed by atoms with Crippen LogP contribution in [0.1, 0.15) is 16.1 Å². The Kier molecular flexibility index (Phi) is 3.47. The summed E-state index contributed by atoms with van der Waals surface area (Å²) in [5.41, 5.74) is 2.92. The van der Waals surface area contributed by atoms with Crippen molar-refractivity contribution in [2.45, 2.75) is 6.92 Å². The van der Waals surface area contributed by atoms with Gasteiger partial charge in [-0.1, -0.05) is 41.6 Å². The average molecular weight is 278 g/mol. The first-order valence-electron chi connectivity index (χ1n) is 6.59. The second-order valence-electron chi connectivity index (χ2n) is 4.65. The Morgan fingerprint density at radius 3 is 2.52 bits per heavy atom. The van der Waals surface area contributed by atoms with Crippen LogP contribution in [-0.2, 0) is 0 Å². The van der Waals surface area contributed by atoms with Crippen LogP contribution in [0.15, 0.2) is 60.8 Å². The summed E-state index contributed by atoms with van der Waals surface area (Å²) in [6.45, 7) is 1.94. The molecule has 0 unspecified atom stereocenters. The van der Waals surface area contributed by atoms with Crippen molar-refractivity contribution in [1.82, 2.24) is 15.0 Å². The van der Waals surface area contributed by atoms with Crippen molar-refractivity contribution in [1.29, 1.82) is 0 Å². The van der Waals surface area contributed by atoms with Gasteiger partial charge in [0, 0.05) is 5.69 Å². The summed E-state index contributed by atoms with van der Waals surface area (Å²) < 4.78 is 1.58. The monoisotopic (exact) mass is 278 g/mol. The molecule has 0 saturated carbocycles. The Morgan fingerprint density at radius 2 is 1.76 bits per heavy atom. The molecule has 3 aromatic rings. The zero-order chi connectivity index (χ0) is 14.7. The number of carbonyl (C=O) groups is 1. The maximum Gasteiger partial charge on any atom is 0.277 e. The molecule has 104 valence electrons. The van der Waals surface area contributed by atoms with Gasteiger partial charge >= 0.3 is 0 Å². The summed E-state index contributed by atoms with van der Waals surface area (Å²) in [6, 6.07) is 17.1. The SMILES string of the molecule is Cc1ccccc1NC(=O)c1cn(-c2ccccc2)nn1. The number of hydrogen-bond donors (Lipinski definition) is 1. The molecule has 0 saturated heterocycles. The molecule has 0 aliphatic heterocycles. The van der Waals surface area contributed by atoms with Gasteiger partial charge in [0.2, 0.25) is 0 Å². The molecule has 0 radical (unpaired) electrons. The molecule has 1 N–H and O–H groups in total. The van der Waals surface area contributed by atoms with Gasteiger partial charge in [-0.25, -0.2) is 4.68 Å². The summed E-state index contributed by atoms with van der Waals surface area (Å²) in [5.74, 6) is -0.272. The third-order valence-electron chi connectivity index (χ3n) is 3.14. The summed E-state index contributed by atoms with van der Waals surface area (Å²) >= 11 is 0. The highest BCUT2D eigenvalue weighted by Gasteiger charge is 2.12. The molecule has 2 aromatic carbocycles. The first-order chi connectivity index (χ1) is 10.2. The Morgan fingerprint density at radius 1 is 1.05 bits per heavy atom. The summed E-state index contributed by atoms with van der Waals surface area (Å²) in [7, 11) is 0. The second kappa shape index (κ2) is 5.58. The Balaban J connectivity index is 1.80. The van der Waals surface area contributed by atoms with Crippen LogP contribution >= 0.6 is 0 Å². The number of aromatic nitrogens is 3. The molecule has 0 aliphatic rings. The second-order valence-corrected chi connectivity index (χ2v) is 4.65. The molecule has 1 amide bonds. The standard InChI is InChI=1S/C16H14N4O/c1-12-7-5-6-10-14(12)17-16(21)15-11-20(19-18-15)13-8-3-2-4-9-13/h2-11H,1H3,(H,17,21). The third-order valence-corrected chi connectivity index (χ3v) is 3.14. The van der Waals surface area contributed by atoms with Gasteiger partial charge in [0.15, 0.2) is 5.69 Å². The van der Waals surface area contributed by atoms with Gasteiger partial charge in [-0.3, -0.25) is 4.79 Å². The van der Waals surface area contributed by atoms with E-state index in [2.05, 4.69) is 15.6 Å². The van der Waals surface area contributed by atoms with Gasteiger partial charge in [0.25, 0.3) is 5.91 Å². The van der Waals surface area contributed by atoms with Gasteiger partial charge in [-0.15, -0.1) is 5.10 Å². The fraction of sp³-hybridized carbons (Fsp3) is 0.0625. The highest BCUT2D eigenvalue weighted by Crippen LogP contribution is 2.14. The molecule has 0 aliphatic carbocycles. The number of anilines is 1. The van der Waals surface area contributed by atoms with E-state index in [0.29, 0.717) is 0 Å². The fourth-order valence-electron chi connectivity index (χ4n) is 1.97. The number of amides is 1. The molecule has 3 rings (SSSR count). The van der Waals surface area contributed by atoms with E-state index in [1.165, 1.54) is 0 Å². The zero-order valence-corrected chi connectivity index (χ0v) is 11.5. The van der Waals surface area contributed by atoms with Gasteiger partial charge < -0.3 is 5.32 Å². The van der Waals surface area contributed by atoms with E-state index in [9.17, 15) is 4.79 Å². The molecule has 0 atom stereocenters. The van der Waals surface area contributed by atoms with Crippen LogP contribution in [0.3, 0.4) is 0 Å². The Hall–Kier alpha value is -2.95. The first-order valence-corrected chi connectivity index (χ1v) is 6.59. The van der Waals surface area contributed by atoms with E-state index < -0.39 is 0 Å². The molecule has 5 nitrogen and oxygen atoms in total. The number of nitrogens with one attached hydrogen (secondary N) is 1.